The summed E-state index contributed by atoms with van der Waals surface area (Å²) in [5.41, 5.74) is 5.33. The molecule has 0 bridgehead atoms. The number of carboxylic acid groups (broad SMARTS) is 1. The van der Waals surface area contributed by atoms with Crippen LogP contribution in [0.4, 0.5) is 0 Å². The SMILES string of the molecule is COc1ccc(Cc2c(OCC(=O)O)ccc3cc(Cc4ccccc4)c(OCc4ccccc4)cc23)cc1. The van der Waals surface area contributed by atoms with Gasteiger partial charge in [-0.1, -0.05) is 78.9 Å². The Balaban J connectivity index is 1.59. The Morgan fingerprint density at radius 1 is 0.692 bits per heavy atom. The molecule has 5 aromatic carbocycles. The molecule has 0 fully saturated rings. The molecule has 0 aliphatic heterocycles. The lowest BCUT2D eigenvalue weighted by Crippen LogP contribution is -2.11. The van der Waals surface area contributed by atoms with Crippen LogP contribution in [-0.4, -0.2) is 24.8 Å². The molecule has 5 aromatic rings. The van der Waals surface area contributed by atoms with E-state index in [0.717, 1.165) is 50.9 Å². The molecule has 5 heteroatoms. The fraction of sp³-hybridized carbons (Fsp3) is 0.147. The number of methoxy groups -OCH3 is 1. The van der Waals surface area contributed by atoms with Crippen LogP contribution in [0.5, 0.6) is 17.2 Å². The molecule has 0 radical (unpaired) electrons. The van der Waals surface area contributed by atoms with Crippen LogP contribution in [0.3, 0.4) is 0 Å². The topological polar surface area (TPSA) is 65.0 Å². The minimum atomic E-state index is -1.02. The highest BCUT2D eigenvalue weighted by Gasteiger charge is 2.16. The van der Waals surface area contributed by atoms with Crippen molar-refractivity contribution in [3.8, 4) is 17.2 Å². The van der Waals surface area contributed by atoms with Crippen LogP contribution in [-0.2, 0) is 24.2 Å². The van der Waals surface area contributed by atoms with Gasteiger partial charge in [0.2, 0.25) is 0 Å². The Morgan fingerprint density at radius 2 is 1.36 bits per heavy atom. The van der Waals surface area contributed by atoms with Gasteiger partial charge in [-0.25, -0.2) is 4.79 Å². The Hall–Kier alpha value is -4.77. The second kappa shape index (κ2) is 12.2. The van der Waals surface area contributed by atoms with Crippen molar-refractivity contribution in [3.05, 3.63) is 137 Å². The molecule has 0 aliphatic rings. The van der Waals surface area contributed by atoms with E-state index in [2.05, 4.69) is 24.3 Å². The van der Waals surface area contributed by atoms with Crippen molar-refractivity contribution in [1.29, 1.82) is 0 Å². The molecule has 5 nitrogen and oxygen atoms in total. The Morgan fingerprint density at radius 3 is 2.03 bits per heavy atom. The number of carboxylic acids is 1. The van der Waals surface area contributed by atoms with Crippen LogP contribution < -0.4 is 14.2 Å². The highest BCUT2D eigenvalue weighted by molar-refractivity contribution is 5.90. The van der Waals surface area contributed by atoms with Crippen molar-refractivity contribution < 1.29 is 24.1 Å². The zero-order valence-electron chi connectivity index (χ0n) is 21.8. The number of carbonyl (C=O) groups is 1. The number of fused-ring (bicyclic) bond motifs is 1. The molecule has 0 aromatic heterocycles. The highest BCUT2D eigenvalue weighted by atomic mass is 16.5. The molecular formula is C34H30O5. The van der Waals surface area contributed by atoms with Crippen molar-refractivity contribution >= 4 is 16.7 Å². The van der Waals surface area contributed by atoms with E-state index in [1.807, 2.05) is 84.9 Å². The van der Waals surface area contributed by atoms with Crippen molar-refractivity contribution in [2.45, 2.75) is 19.4 Å². The summed E-state index contributed by atoms with van der Waals surface area (Å²) in [5.74, 6) is 1.10. The summed E-state index contributed by atoms with van der Waals surface area (Å²) >= 11 is 0. The first-order chi connectivity index (χ1) is 19.1. The predicted octanol–water partition coefficient (Wildman–Crippen LogP) is 7.07. The van der Waals surface area contributed by atoms with E-state index in [1.54, 1.807) is 7.11 Å². The minimum absolute atomic E-state index is 0.412. The van der Waals surface area contributed by atoms with Gasteiger partial charge in [0, 0.05) is 18.4 Å². The Labute approximate surface area is 228 Å². The van der Waals surface area contributed by atoms with Crippen molar-refractivity contribution in [3.63, 3.8) is 0 Å². The summed E-state index contributed by atoms with van der Waals surface area (Å²) in [4.78, 5) is 11.3. The van der Waals surface area contributed by atoms with Gasteiger partial charge >= 0.3 is 5.97 Å². The summed E-state index contributed by atoms with van der Waals surface area (Å²) in [6.45, 7) is 0.0295. The molecule has 5 rings (SSSR count). The fourth-order valence-electron chi connectivity index (χ4n) is 4.67. The van der Waals surface area contributed by atoms with Crippen LogP contribution in [0.1, 0.15) is 27.8 Å². The fourth-order valence-corrected chi connectivity index (χ4v) is 4.67. The summed E-state index contributed by atoms with van der Waals surface area (Å²) in [7, 11) is 1.64. The number of hydrogen-bond donors (Lipinski definition) is 1. The third-order valence-electron chi connectivity index (χ3n) is 6.64. The largest absolute Gasteiger partial charge is 0.497 e. The van der Waals surface area contributed by atoms with Gasteiger partial charge in [0.05, 0.1) is 7.11 Å². The Kier molecular flexibility index (Phi) is 8.08. The van der Waals surface area contributed by atoms with Gasteiger partial charge in [-0.3, -0.25) is 0 Å². The smallest absolute Gasteiger partial charge is 0.341 e. The maximum atomic E-state index is 11.3. The Bertz CT molecular complexity index is 1540. The first kappa shape index (κ1) is 25.9. The predicted molar refractivity (Wildman–Crippen MR) is 153 cm³/mol. The molecule has 0 saturated heterocycles. The molecular weight excluding hydrogens is 488 g/mol. The van der Waals surface area contributed by atoms with E-state index in [1.165, 1.54) is 5.56 Å². The zero-order chi connectivity index (χ0) is 27.0. The highest BCUT2D eigenvalue weighted by Crippen LogP contribution is 2.36. The van der Waals surface area contributed by atoms with Crippen molar-refractivity contribution in [2.24, 2.45) is 0 Å². The first-order valence-electron chi connectivity index (χ1n) is 12.9. The average Bonchev–Trinajstić information content (AvgIpc) is 2.97. The number of benzene rings is 5. The number of ether oxygens (including phenoxy) is 3. The standard InChI is InChI=1S/C34H30O5/c1-37-29-15-12-25(13-16-29)19-31-30-21-33(38-22-26-10-6-3-7-11-26)28(18-24-8-4-2-5-9-24)20-27(30)14-17-32(31)39-23-34(35)36/h2-17,20-21H,18-19,22-23H2,1H3,(H,35,36). The molecule has 1 N–H and O–H groups in total. The molecule has 0 heterocycles. The van der Waals surface area contributed by atoms with Crippen LogP contribution in [0.15, 0.2) is 109 Å². The van der Waals surface area contributed by atoms with E-state index in [-0.39, 0.29) is 0 Å². The normalized spacial score (nSPS) is 10.8. The minimum Gasteiger partial charge on any atom is -0.497 e. The average molecular weight is 519 g/mol. The van der Waals surface area contributed by atoms with Gasteiger partial charge in [-0.15, -0.1) is 0 Å². The lowest BCUT2D eigenvalue weighted by Gasteiger charge is -2.18. The van der Waals surface area contributed by atoms with Crippen LogP contribution in [0.2, 0.25) is 0 Å². The molecule has 0 atom stereocenters. The van der Waals surface area contributed by atoms with Gasteiger partial charge in [0.1, 0.15) is 23.9 Å². The van der Waals surface area contributed by atoms with Crippen molar-refractivity contribution in [2.75, 3.05) is 13.7 Å². The quantitative estimate of drug-likeness (QED) is 0.203. The maximum absolute atomic E-state index is 11.3. The van der Waals surface area contributed by atoms with E-state index in [9.17, 15) is 9.90 Å². The lowest BCUT2D eigenvalue weighted by atomic mass is 9.94. The summed E-state index contributed by atoms with van der Waals surface area (Å²) in [6, 6.07) is 36.4. The van der Waals surface area contributed by atoms with E-state index >= 15 is 0 Å². The van der Waals surface area contributed by atoms with Gasteiger partial charge in [0.15, 0.2) is 6.61 Å². The van der Waals surface area contributed by atoms with E-state index in [4.69, 9.17) is 14.2 Å². The molecule has 196 valence electrons. The van der Waals surface area contributed by atoms with Crippen LogP contribution in [0, 0.1) is 0 Å². The number of aliphatic carboxylic acids is 1. The zero-order valence-corrected chi connectivity index (χ0v) is 21.8. The third-order valence-corrected chi connectivity index (χ3v) is 6.64. The molecule has 39 heavy (non-hydrogen) atoms. The van der Waals surface area contributed by atoms with E-state index in [0.29, 0.717) is 18.8 Å². The van der Waals surface area contributed by atoms with Gasteiger partial charge in [0.25, 0.3) is 0 Å². The number of rotatable bonds is 11. The van der Waals surface area contributed by atoms with Gasteiger partial charge in [-0.05, 0) is 63.4 Å². The monoisotopic (exact) mass is 518 g/mol. The molecule has 0 amide bonds. The van der Waals surface area contributed by atoms with E-state index < -0.39 is 12.6 Å². The third kappa shape index (κ3) is 6.57. The first-order valence-corrected chi connectivity index (χ1v) is 12.9. The van der Waals surface area contributed by atoms with Crippen LogP contribution >= 0.6 is 0 Å². The van der Waals surface area contributed by atoms with Gasteiger partial charge in [-0.2, -0.15) is 0 Å². The lowest BCUT2D eigenvalue weighted by molar-refractivity contribution is -0.139. The molecule has 0 aliphatic carbocycles. The second-order valence-electron chi connectivity index (χ2n) is 9.37. The second-order valence-corrected chi connectivity index (χ2v) is 9.37. The summed E-state index contributed by atoms with van der Waals surface area (Å²) in [5, 5.41) is 11.3. The molecule has 0 saturated carbocycles. The summed E-state index contributed by atoms with van der Waals surface area (Å²) in [6.07, 6.45) is 1.29. The number of hydrogen-bond acceptors (Lipinski definition) is 4. The van der Waals surface area contributed by atoms with Crippen molar-refractivity contribution in [1.82, 2.24) is 0 Å². The summed E-state index contributed by atoms with van der Waals surface area (Å²) < 4.78 is 17.5. The van der Waals surface area contributed by atoms with Gasteiger partial charge < -0.3 is 19.3 Å². The molecule has 0 spiro atoms. The maximum Gasteiger partial charge on any atom is 0.341 e. The van der Waals surface area contributed by atoms with Crippen LogP contribution in [0.25, 0.3) is 10.8 Å². The molecule has 0 unspecified atom stereocenters.